The third kappa shape index (κ3) is 2.44. The minimum atomic E-state index is -2.77. The number of hydrogen-bond acceptors (Lipinski definition) is 2. The normalized spacial score (nSPS) is 12.0. The molecule has 1 aromatic heterocycles. The second-order valence-corrected chi connectivity index (χ2v) is 3.48. The molecule has 0 atom stereocenters. The summed E-state index contributed by atoms with van der Waals surface area (Å²) < 4.78 is 26.5. The largest absolute Gasteiger partial charge is 0.381 e. The number of halogens is 3. The Hall–Kier alpha value is -0.650. The van der Waals surface area contributed by atoms with Gasteiger partial charge in [-0.3, -0.25) is 4.68 Å². The Morgan fingerprint density at radius 3 is 2.67 bits per heavy atom. The molecule has 0 fully saturated rings. The molecule has 0 amide bonds. The van der Waals surface area contributed by atoms with Gasteiger partial charge in [0.25, 0.3) is 5.92 Å². The van der Waals surface area contributed by atoms with E-state index in [-0.39, 0.29) is 5.82 Å². The fourth-order valence-electron chi connectivity index (χ4n) is 0.777. The van der Waals surface area contributed by atoms with Gasteiger partial charge in [-0.15, -0.1) is 0 Å². The molecule has 0 aliphatic heterocycles. The average molecular weight is 240 g/mol. The standard InChI is InChI=1S/C6H8BrF2N3/c1-6(8,9)3-12-2-4(7)5(10)11-12/h2H,3H2,1H3,(H2,10,11). The highest BCUT2D eigenvalue weighted by Gasteiger charge is 2.22. The lowest BCUT2D eigenvalue weighted by molar-refractivity contribution is 0.000665. The number of nitrogens with zero attached hydrogens (tertiary/aromatic N) is 2. The molecule has 0 spiro atoms. The topological polar surface area (TPSA) is 43.8 Å². The lowest BCUT2D eigenvalue weighted by Crippen LogP contribution is -2.19. The zero-order valence-corrected chi connectivity index (χ0v) is 7.98. The van der Waals surface area contributed by atoms with Crippen molar-refractivity contribution in [3.05, 3.63) is 10.7 Å². The summed E-state index contributed by atoms with van der Waals surface area (Å²) >= 11 is 3.07. The lowest BCUT2D eigenvalue weighted by atomic mass is 10.4. The van der Waals surface area contributed by atoms with E-state index in [1.807, 2.05) is 0 Å². The van der Waals surface area contributed by atoms with Crippen LogP contribution in [-0.4, -0.2) is 15.7 Å². The monoisotopic (exact) mass is 239 g/mol. The first-order valence-corrected chi connectivity index (χ1v) is 4.04. The van der Waals surface area contributed by atoms with Gasteiger partial charge in [0.2, 0.25) is 0 Å². The van der Waals surface area contributed by atoms with Gasteiger partial charge in [-0.25, -0.2) is 8.78 Å². The van der Waals surface area contributed by atoms with E-state index in [0.29, 0.717) is 4.47 Å². The van der Waals surface area contributed by atoms with Gasteiger partial charge in [0.05, 0.1) is 4.47 Å². The molecule has 0 saturated carbocycles. The maximum absolute atomic E-state index is 12.4. The van der Waals surface area contributed by atoms with E-state index in [9.17, 15) is 8.78 Å². The predicted molar refractivity (Wildman–Crippen MR) is 45.0 cm³/mol. The fourth-order valence-corrected chi connectivity index (χ4v) is 1.09. The van der Waals surface area contributed by atoms with Crippen LogP contribution in [-0.2, 0) is 6.54 Å². The molecule has 6 heteroatoms. The molecule has 68 valence electrons. The predicted octanol–water partition coefficient (Wildman–Crippen LogP) is 1.88. The molecule has 0 unspecified atom stereocenters. The molecule has 3 nitrogen and oxygen atoms in total. The number of aromatic nitrogens is 2. The third-order valence-electron chi connectivity index (χ3n) is 1.18. The number of alkyl halides is 2. The summed E-state index contributed by atoms with van der Waals surface area (Å²) in [5, 5.41) is 3.66. The van der Waals surface area contributed by atoms with Crippen molar-refractivity contribution in [3.8, 4) is 0 Å². The highest BCUT2D eigenvalue weighted by molar-refractivity contribution is 9.10. The van der Waals surface area contributed by atoms with Crippen molar-refractivity contribution < 1.29 is 8.78 Å². The summed E-state index contributed by atoms with van der Waals surface area (Å²) in [7, 11) is 0. The fraction of sp³-hybridized carbons (Fsp3) is 0.500. The lowest BCUT2D eigenvalue weighted by Gasteiger charge is -2.08. The van der Waals surface area contributed by atoms with Crippen LogP contribution < -0.4 is 5.73 Å². The zero-order valence-electron chi connectivity index (χ0n) is 6.39. The highest BCUT2D eigenvalue weighted by atomic mass is 79.9. The van der Waals surface area contributed by atoms with E-state index >= 15 is 0 Å². The molecule has 0 aromatic carbocycles. The first kappa shape index (κ1) is 9.44. The van der Waals surface area contributed by atoms with E-state index in [1.54, 1.807) is 0 Å². The summed E-state index contributed by atoms with van der Waals surface area (Å²) in [5.41, 5.74) is 5.34. The SMILES string of the molecule is CC(F)(F)Cn1cc(Br)c(N)n1. The average Bonchev–Trinajstić information content (AvgIpc) is 2.07. The second kappa shape index (κ2) is 3.01. The summed E-state index contributed by atoms with van der Waals surface area (Å²) in [5.74, 6) is -2.54. The van der Waals surface area contributed by atoms with Crippen molar-refractivity contribution in [2.75, 3.05) is 5.73 Å². The van der Waals surface area contributed by atoms with Crippen LogP contribution in [0.4, 0.5) is 14.6 Å². The third-order valence-corrected chi connectivity index (χ3v) is 1.79. The van der Waals surface area contributed by atoms with Crippen LogP contribution in [0.3, 0.4) is 0 Å². The van der Waals surface area contributed by atoms with E-state index in [2.05, 4.69) is 21.0 Å². The first-order valence-electron chi connectivity index (χ1n) is 3.25. The van der Waals surface area contributed by atoms with Crippen molar-refractivity contribution in [1.29, 1.82) is 0 Å². The van der Waals surface area contributed by atoms with Crippen LogP contribution in [0.1, 0.15) is 6.92 Å². The van der Waals surface area contributed by atoms with Crippen LogP contribution >= 0.6 is 15.9 Å². The summed E-state index contributed by atoms with van der Waals surface area (Å²) in [6.07, 6.45) is 1.42. The van der Waals surface area contributed by atoms with Crippen LogP contribution in [0.15, 0.2) is 10.7 Å². The molecule has 0 aliphatic rings. The first-order chi connectivity index (χ1) is 5.38. The van der Waals surface area contributed by atoms with Gasteiger partial charge in [-0.2, -0.15) is 5.10 Å². The van der Waals surface area contributed by atoms with Gasteiger partial charge in [-0.1, -0.05) is 0 Å². The van der Waals surface area contributed by atoms with Crippen molar-refractivity contribution >= 4 is 21.7 Å². The Morgan fingerprint density at radius 1 is 1.75 bits per heavy atom. The molecule has 0 saturated heterocycles. The van der Waals surface area contributed by atoms with Gasteiger partial charge >= 0.3 is 0 Å². The molecule has 1 aromatic rings. The number of rotatable bonds is 2. The number of anilines is 1. The molecule has 1 rings (SSSR count). The Balaban J connectivity index is 2.77. The quantitative estimate of drug-likeness (QED) is 0.857. The summed E-state index contributed by atoms with van der Waals surface area (Å²) in [4.78, 5) is 0. The molecular weight excluding hydrogens is 232 g/mol. The van der Waals surface area contributed by atoms with Gasteiger partial charge in [0.15, 0.2) is 5.82 Å². The summed E-state index contributed by atoms with van der Waals surface area (Å²) in [6.45, 7) is 0.377. The minimum absolute atomic E-state index is 0.222. The van der Waals surface area contributed by atoms with Gasteiger partial charge in [0, 0.05) is 13.1 Å². The molecule has 0 bridgehead atoms. The van der Waals surface area contributed by atoms with Crippen LogP contribution in [0.25, 0.3) is 0 Å². The Labute approximate surface area is 76.7 Å². The molecule has 12 heavy (non-hydrogen) atoms. The molecule has 0 aliphatic carbocycles. The highest BCUT2D eigenvalue weighted by Crippen LogP contribution is 2.20. The number of nitrogen functional groups attached to an aromatic ring is 1. The van der Waals surface area contributed by atoms with E-state index < -0.39 is 12.5 Å². The second-order valence-electron chi connectivity index (χ2n) is 2.63. The Morgan fingerprint density at radius 2 is 2.33 bits per heavy atom. The van der Waals surface area contributed by atoms with Crippen LogP contribution in [0.5, 0.6) is 0 Å². The van der Waals surface area contributed by atoms with Crippen molar-refractivity contribution in [3.63, 3.8) is 0 Å². The number of nitrogens with two attached hydrogens (primary N) is 1. The molecule has 2 N–H and O–H groups in total. The van der Waals surface area contributed by atoms with E-state index in [1.165, 1.54) is 6.20 Å². The smallest absolute Gasteiger partial charge is 0.264 e. The maximum Gasteiger partial charge on any atom is 0.264 e. The van der Waals surface area contributed by atoms with Crippen molar-refractivity contribution in [2.24, 2.45) is 0 Å². The van der Waals surface area contributed by atoms with E-state index in [4.69, 9.17) is 5.73 Å². The summed E-state index contributed by atoms with van der Waals surface area (Å²) in [6, 6.07) is 0. The molecule has 0 radical (unpaired) electrons. The Kier molecular flexibility index (Phi) is 2.36. The Bertz CT molecular complexity index is 259. The maximum atomic E-state index is 12.4. The van der Waals surface area contributed by atoms with Gasteiger partial charge in [-0.05, 0) is 15.9 Å². The minimum Gasteiger partial charge on any atom is -0.381 e. The van der Waals surface area contributed by atoms with E-state index in [0.717, 1.165) is 11.6 Å². The van der Waals surface area contributed by atoms with Crippen molar-refractivity contribution in [2.45, 2.75) is 19.4 Å². The van der Waals surface area contributed by atoms with Crippen LogP contribution in [0, 0.1) is 0 Å². The van der Waals surface area contributed by atoms with Crippen molar-refractivity contribution in [1.82, 2.24) is 9.78 Å². The molecular formula is C6H8BrF2N3. The van der Waals surface area contributed by atoms with Gasteiger partial charge < -0.3 is 5.73 Å². The molecule has 1 heterocycles. The number of hydrogen-bond donors (Lipinski definition) is 1. The van der Waals surface area contributed by atoms with Crippen LogP contribution in [0.2, 0.25) is 0 Å². The van der Waals surface area contributed by atoms with Gasteiger partial charge in [0.1, 0.15) is 6.54 Å². The zero-order chi connectivity index (χ0) is 9.35.